The standard InChI is InChI=1S/C18H15F2NO3/c19-13-7-8-15(20)14(10-13)18(23)24-11-17(22)21-9-3-5-12-4-1-2-6-16(12)21/h1-2,4,6-8,10H,3,5,9,11H2. The van der Waals surface area contributed by atoms with Crippen LogP contribution in [0.4, 0.5) is 14.5 Å². The van der Waals surface area contributed by atoms with Gasteiger partial charge in [-0.1, -0.05) is 18.2 Å². The van der Waals surface area contributed by atoms with Gasteiger partial charge in [0.25, 0.3) is 5.91 Å². The molecule has 2 aromatic carbocycles. The fraction of sp³-hybridized carbons (Fsp3) is 0.222. The van der Waals surface area contributed by atoms with E-state index in [0.29, 0.717) is 6.54 Å². The van der Waals surface area contributed by atoms with E-state index in [-0.39, 0.29) is 0 Å². The molecule has 0 unspecified atom stereocenters. The van der Waals surface area contributed by atoms with Gasteiger partial charge in [0.15, 0.2) is 6.61 Å². The Labute approximate surface area is 137 Å². The van der Waals surface area contributed by atoms with Gasteiger partial charge in [-0.25, -0.2) is 13.6 Å². The fourth-order valence-electron chi connectivity index (χ4n) is 2.73. The highest BCUT2D eigenvalue weighted by Gasteiger charge is 2.24. The molecule has 0 bridgehead atoms. The number of para-hydroxylation sites is 1. The number of carbonyl (C=O) groups is 2. The normalized spacial score (nSPS) is 13.3. The summed E-state index contributed by atoms with van der Waals surface area (Å²) in [5, 5.41) is 0. The minimum Gasteiger partial charge on any atom is -0.452 e. The molecule has 0 aliphatic carbocycles. The predicted molar refractivity (Wildman–Crippen MR) is 83.8 cm³/mol. The first-order valence-corrected chi connectivity index (χ1v) is 7.56. The van der Waals surface area contributed by atoms with Crippen LogP contribution in [0.1, 0.15) is 22.3 Å². The van der Waals surface area contributed by atoms with Gasteiger partial charge in [0.2, 0.25) is 0 Å². The Morgan fingerprint density at radius 1 is 1.12 bits per heavy atom. The van der Waals surface area contributed by atoms with Gasteiger partial charge >= 0.3 is 5.97 Å². The van der Waals surface area contributed by atoms with E-state index in [1.165, 1.54) is 0 Å². The SMILES string of the molecule is O=C(OCC(=O)N1CCCc2ccccc21)c1cc(F)ccc1F. The summed E-state index contributed by atoms with van der Waals surface area (Å²) >= 11 is 0. The highest BCUT2D eigenvalue weighted by molar-refractivity contribution is 5.98. The number of hydrogen-bond acceptors (Lipinski definition) is 3. The van der Waals surface area contributed by atoms with Crippen LogP contribution in [-0.4, -0.2) is 25.0 Å². The Morgan fingerprint density at radius 2 is 1.92 bits per heavy atom. The first-order valence-electron chi connectivity index (χ1n) is 7.56. The van der Waals surface area contributed by atoms with Gasteiger partial charge in [0, 0.05) is 12.2 Å². The van der Waals surface area contributed by atoms with E-state index in [1.54, 1.807) is 4.90 Å². The molecule has 6 heteroatoms. The van der Waals surface area contributed by atoms with Crippen LogP contribution in [0, 0.1) is 11.6 Å². The largest absolute Gasteiger partial charge is 0.452 e. The van der Waals surface area contributed by atoms with Gasteiger partial charge in [0.05, 0.1) is 5.56 Å². The number of amides is 1. The third-order valence-electron chi connectivity index (χ3n) is 3.89. The number of halogens is 2. The molecule has 0 saturated heterocycles. The summed E-state index contributed by atoms with van der Waals surface area (Å²) in [6, 6.07) is 10.0. The van der Waals surface area contributed by atoms with E-state index in [4.69, 9.17) is 4.74 Å². The Morgan fingerprint density at radius 3 is 2.75 bits per heavy atom. The molecule has 0 atom stereocenters. The molecule has 2 aromatic rings. The number of benzene rings is 2. The van der Waals surface area contributed by atoms with Crippen LogP contribution < -0.4 is 4.90 Å². The van der Waals surface area contributed by atoms with Gasteiger partial charge < -0.3 is 9.64 Å². The molecule has 0 fully saturated rings. The average molecular weight is 331 g/mol. The number of rotatable bonds is 3. The molecule has 0 spiro atoms. The topological polar surface area (TPSA) is 46.6 Å². The molecule has 24 heavy (non-hydrogen) atoms. The third kappa shape index (κ3) is 3.27. The van der Waals surface area contributed by atoms with E-state index in [9.17, 15) is 18.4 Å². The molecule has 0 radical (unpaired) electrons. The zero-order valence-corrected chi connectivity index (χ0v) is 12.8. The highest BCUT2D eigenvalue weighted by atomic mass is 19.1. The molecule has 0 N–H and O–H groups in total. The van der Waals surface area contributed by atoms with Crippen LogP contribution in [-0.2, 0) is 16.0 Å². The Kier molecular flexibility index (Phi) is 4.55. The van der Waals surface area contributed by atoms with Crippen molar-refractivity contribution < 1.29 is 23.1 Å². The molecule has 1 amide bonds. The first-order chi connectivity index (χ1) is 11.6. The summed E-state index contributed by atoms with van der Waals surface area (Å²) in [7, 11) is 0. The van der Waals surface area contributed by atoms with Crippen molar-refractivity contribution in [1.29, 1.82) is 0 Å². The molecular weight excluding hydrogens is 316 g/mol. The lowest BCUT2D eigenvalue weighted by Gasteiger charge is -2.29. The fourth-order valence-corrected chi connectivity index (χ4v) is 2.73. The van der Waals surface area contributed by atoms with Crippen LogP contribution in [0.5, 0.6) is 0 Å². The lowest BCUT2D eigenvalue weighted by atomic mass is 10.0. The molecular formula is C18H15F2NO3. The monoisotopic (exact) mass is 331 g/mol. The second kappa shape index (κ2) is 6.78. The van der Waals surface area contributed by atoms with Gasteiger partial charge in [-0.2, -0.15) is 0 Å². The van der Waals surface area contributed by atoms with Crippen LogP contribution in [0.3, 0.4) is 0 Å². The summed E-state index contributed by atoms with van der Waals surface area (Å²) in [6.07, 6.45) is 1.70. The molecule has 3 rings (SSSR count). The molecule has 1 heterocycles. The second-order valence-corrected chi connectivity index (χ2v) is 5.48. The predicted octanol–water partition coefficient (Wildman–Crippen LogP) is 3.10. The minimum absolute atomic E-state index is 0.396. The van der Waals surface area contributed by atoms with Crippen LogP contribution >= 0.6 is 0 Å². The molecule has 1 aliphatic rings. The summed E-state index contributed by atoms with van der Waals surface area (Å²) in [4.78, 5) is 25.7. The molecule has 0 saturated carbocycles. The van der Waals surface area contributed by atoms with Crippen molar-refractivity contribution in [2.24, 2.45) is 0 Å². The van der Waals surface area contributed by atoms with E-state index in [1.807, 2.05) is 24.3 Å². The molecule has 4 nitrogen and oxygen atoms in total. The van der Waals surface area contributed by atoms with Gasteiger partial charge in [0.1, 0.15) is 11.6 Å². The van der Waals surface area contributed by atoms with Gasteiger partial charge in [-0.3, -0.25) is 4.79 Å². The first kappa shape index (κ1) is 16.1. The molecule has 0 aromatic heterocycles. The maximum Gasteiger partial charge on any atom is 0.341 e. The summed E-state index contributed by atoms with van der Waals surface area (Å²) in [5.41, 5.74) is 1.32. The summed E-state index contributed by atoms with van der Waals surface area (Å²) in [5.74, 6) is -3.10. The summed E-state index contributed by atoms with van der Waals surface area (Å²) in [6.45, 7) is 0.00481. The number of esters is 1. The Balaban J connectivity index is 1.68. The number of hydrogen-bond donors (Lipinski definition) is 0. The maximum atomic E-state index is 13.5. The summed E-state index contributed by atoms with van der Waals surface area (Å²) < 4.78 is 31.5. The van der Waals surface area contributed by atoms with Crippen LogP contribution in [0.15, 0.2) is 42.5 Å². The van der Waals surface area contributed by atoms with Crippen molar-refractivity contribution in [3.63, 3.8) is 0 Å². The molecule has 1 aliphatic heterocycles. The lowest BCUT2D eigenvalue weighted by molar-refractivity contribution is -0.121. The van der Waals surface area contributed by atoms with E-state index in [0.717, 1.165) is 42.3 Å². The highest BCUT2D eigenvalue weighted by Crippen LogP contribution is 2.26. The number of carbonyl (C=O) groups excluding carboxylic acids is 2. The number of nitrogens with zero attached hydrogens (tertiary/aromatic N) is 1. The molecule has 124 valence electrons. The van der Waals surface area contributed by atoms with E-state index >= 15 is 0 Å². The van der Waals surface area contributed by atoms with E-state index < -0.39 is 35.7 Å². The van der Waals surface area contributed by atoms with Crippen molar-refractivity contribution in [1.82, 2.24) is 0 Å². The van der Waals surface area contributed by atoms with Gasteiger partial charge in [-0.05, 0) is 42.7 Å². The van der Waals surface area contributed by atoms with Crippen molar-refractivity contribution >= 4 is 17.6 Å². The van der Waals surface area contributed by atoms with Gasteiger partial charge in [-0.15, -0.1) is 0 Å². The van der Waals surface area contributed by atoms with Crippen molar-refractivity contribution in [2.75, 3.05) is 18.1 Å². The Bertz CT molecular complexity index is 792. The number of anilines is 1. The number of ether oxygens (including phenoxy) is 1. The number of aryl methyl sites for hydroxylation is 1. The lowest BCUT2D eigenvalue weighted by Crippen LogP contribution is -2.38. The van der Waals surface area contributed by atoms with E-state index in [2.05, 4.69) is 0 Å². The van der Waals surface area contributed by atoms with Crippen LogP contribution in [0.2, 0.25) is 0 Å². The minimum atomic E-state index is -1.06. The smallest absolute Gasteiger partial charge is 0.341 e. The number of fused-ring (bicyclic) bond motifs is 1. The van der Waals surface area contributed by atoms with Crippen LogP contribution in [0.25, 0.3) is 0 Å². The maximum absolute atomic E-state index is 13.5. The van der Waals surface area contributed by atoms with Crippen molar-refractivity contribution in [3.8, 4) is 0 Å². The van der Waals surface area contributed by atoms with Crippen molar-refractivity contribution in [3.05, 3.63) is 65.2 Å². The zero-order valence-electron chi connectivity index (χ0n) is 12.8. The third-order valence-corrected chi connectivity index (χ3v) is 3.89. The second-order valence-electron chi connectivity index (χ2n) is 5.48. The average Bonchev–Trinajstić information content (AvgIpc) is 2.61. The quantitative estimate of drug-likeness (QED) is 0.812. The Hall–Kier alpha value is -2.76. The van der Waals surface area contributed by atoms with Crippen molar-refractivity contribution in [2.45, 2.75) is 12.8 Å². The zero-order chi connectivity index (χ0) is 17.1.